The third kappa shape index (κ3) is 2.78. The number of hydrogen-bond donors (Lipinski definition) is 0. The van der Waals surface area contributed by atoms with Crippen LogP contribution in [0.25, 0.3) is 11.1 Å². The molecule has 0 N–H and O–H groups in total. The minimum Gasteiger partial charge on any atom is -0.492 e. The van der Waals surface area contributed by atoms with E-state index in [-0.39, 0.29) is 5.54 Å². The molecule has 0 amide bonds. The van der Waals surface area contributed by atoms with Crippen LogP contribution in [0, 0.1) is 0 Å². The second kappa shape index (κ2) is 5.42. The summed E-state index contributed by atoms with van der Waals surface area (Å²) >= 11 is 0. The summed E-state index contributed by atoms with van der Waals surface area (Å²) in [6.07, 6.45) is 1.45. The summed E-state index contributed by atoms with van der Waals surface area (Å²) in [6.45, 7) is 8.55. The molecule has 1 aliphatic heterocycles. The van der Waals surface area contributed by atoms with Crippen LogP contribution >= 0.6 is 0 Å². The zero-order valence-electron chi connectivity index (χ0n) is 12.0. The number of ether oxygens (including phenoxy) is 2. The van der Waals surface area contributed by atoms with Crippen LogP contribution < -0.4 is 4.74 Å². The topological polar surface area (TPSA) is 47.7 Å². The molecule has 0 saturated carbocycles. The van der Waals surface area contributed by atoms with Crippen molar-refractivity contribution >= 4 is 11.1 Å². The van der Waals surface area contributed by atoms with Gasteiger partial charge in [-0.1, -0.05) is 0 Å². The number of oxazole rings is 1. The van der Waals surface area contributed by atoms with Crippen LogP contribution in [0.15, 0.2) is 29.0 Å². The second-order valence-corrected chi connectivity index (χ2v) is 5.68. The largest absolute Gasteiger partial charge is 0.492 e. The van der Waals surface area contributed by atoms with Crippen LogP contribution in [0.4, 0.5) is 0 Å². The van der Waals surface area contributed by atoms with Crippen molar-refractivity contribution in [2.75, 3.05) is 32.9 Å². The van der Waals surface area contributed by atoms with Crippen molar-refractivity contribution in [3.05, 3.63) is 24.6 Å². The van der Waals surface area contributed by atoms with E-state index in [9.17, 15) is 0 Å². The average Bonchev–Trinajstić information content (AvgIpc) is 2.94. The summed E-state index contributed by atoms with van der Waals surface area (Å²) in [5.41, 5.74) is 1.60. The van der Waals surface area contributed by atoms with Crippen LogP contribution in [-0.2, 0) is 4.74 Å². The minimum atomic E-state index is -0.0113. The molecule has 0 bridgehead atoms. The van der Waals surface area contributed by atoms with E-state index in [2.05, 4.69) is 23.7 Å². The number of rotatable bonds is 4. The lowest BCUT2D eigenvalue weighted by Gasteiger charge is -2.40. The van der Waals surface area contributed by atoms with Crippen LogP contribution in [0.5, 0.6) is 5.75 Å². The third-order valence-corrected chi connectivity index (χ3v) is 3.76. The van der Waals surface area contributed by atoms with Gasteiger partial charge in [0, 0.05) is 24.7 Å². The first-order valence-electron chi connectivity index (χ1n) is 6.94. The van der Waals surface area contributed by atoms with Crippen molar-refractivity contribution in [2.45, 2.75) is 19.4 Å². The fourth-order valence-corrected chi connectivity index (χ4v) is 2.45. The van der Waals surface area contributed by atoms with Crippen LogP contribution in [0.3, 0.4) is 0 Å². The first-order chi connectivity index (χ1) is 9.65. The number of fused-ring (bicyclic) bond motifs is 1. The molecule has 1 fully saturated rings. The van der Waals surface area contributed by atoms with Gasteiger partial charge in [-0.25, -0.2) is 4.98 Å². The van der Waals surface area contributed by atoms with Gasteiger partial charge in [0.05, 0.1) is 13.2 Å². The molecule has 0 atom stereocenters. The molecule has 0 aliphatic carbocycles. The molecule has 0 radical (unpaired) electrons. The number of nitrogens with zero attached hydrogens (tertiary/aromatic N) is 2. The van der Waals surface area contributed by atoms with Crippen molar-refractivity contribution in [2.24, 2.45) is 0 Å². The lowest BCUT2D eigenvalue weighted by atomic mass is 10.0. The maximum atomic E-state index is 5.94. The molecule has 1 aliphatic rings. The zero-order chi connectivity index (χ0) is 14.0. The van der Waals surface area contributed by atoms with Gasteiger partial charge >= 0.3 is 0 Å². The Hall–Kier alpha value is -1.59. The van der Waals surface area contributed by atoms with E-state index >= 15 is 0 Å². The van der Waals surface area contributed by atoms with Crippen molar-refractivity contribution < 1.29 is 13.9 Å². The van der Waals surface area contributed by atoms with E-state index in [1.165, 1.54) is 6.39 Å². The van der Waals surface area contributed by atoms with Gasteiger partial charge in [0.1, 0.15) is 17.9 Å². The predicted octanol–water partition coefficient (Wildman–Crippen LogP) is 2.32. The summed E-state index contributed by atoms with van der Waals surface area (Å²) in [5.74, 6) is 0.827. The van der Waals surface area contributed by atoms with Crippen molar-refractivity contribution in [3.8, 4) is 5.75 Å². The SMILES string of the molecule is CC(C)(COc1ccc2ocnc2c1)N1CCOCC1. The Bertz CT molecular complexity index is 573. The molecule has 1 saturated heterocycles. The Balaban J connectivity index is 1.65. The van der Waals surface area contributed by atoms with E-state index in [1.807, 2.05) is 18.2 Å². The van der Waals surface area contributed by atoms with Gasteiger partial charge in [0.15, 0.2) is 12.0 Å². The van der Waals surface area contributed by atoms with E-state index in [0.29, 0.717) is 6.61 Å². The Morgan fingerprint density at radius 1 is 1.30 bits per heavy atom. The molecule has 2 aromatic rings. The van der Waals surface area contributed by atoms with E-state index < -0.39 is 0 Å². The van der Waals surface area contributed by atoms with E-state index in [1.54, 1.807) is 0 Å². The highest BCUT2D eigenvalue weighted by Gasteiger charge is 2.29. The standard InChI is InChI=1S/C15H20N2O3/c1-15(2,17-5-7-18-8-6-17)10-19-12-3-4-14-13(9-12)16-11-20-14/h3-4,9,11H,5-8,10H2,1-2H3. The fourth-order valence-electron chi connectivity index (χ4n) is 2.45. The molecule has 3 rings (SSSR count). The molecule has 2 heterocycles. The lowest BCUT2D eigenvalue weighted by Crippen LogP contribution is -2.53. The Labute approximate surface area is 118 Å². The monoisotopic (exact) mass is 276 g/mol. The summed E-state index contributed by atoms with van der Waals surface area (Å²) in [7, 11) is 0. The van der Waals surface area contributed by atoms with Gasteiger partial charge in [-0.3, -0.25) is 4.90 Å². The second-order valence-electron chi connectivity index (χ2n) is 5.68. The highest BCUT2D eigenvalue weighted by Crippen LogP contribution is 2.22. The maximum Gasteiger partial charge on any atom is 0.181 e. The summed E-state index contributed by atoms with van der Waals surface area (Å²) in [6, 6.07) is 5.72. The summed E-state index contributed by atoms with van der Waals surface area (Å²) < 4.78 is 16.6. The Kier molecular flexibility index (Phi) is 3.63. The van der Waals surface area contributed by atoms with Gasteiger partial charge in [-0.2, -0.15) is 0 Å². The normalized spacial score (nSPS) is 17.5. The van der Waals surface area contributed by atoms with E-state index in [0.717, 1.165) is 43.2 Å². The third-order valence-electron chi connectivity index (χ3n) is 3.76. The number of morpholine rings is 1. The first-order valence-corrected chi connectivity index (χ1v) is 6.94. The zero-order valence-corrected chi connectivity index (χ0v) is 12.0. The van der Waals surface area contributed by atoms with Gasteiger partial charge in [-0.15, -0.1) is 0 Å². The van der Waals surface area contributed by atoms with Crippen molar-refractivity contribution in [1.29, 1.82) is 0 Å². The highest BCUT2D eigenvalue weighted by molar-refractivity contribution is 5.73. The van der Waals surface area contributed by atoms with Gasteiger partial charge in [-0.05, 0) is 26.0 Å². The summed E-state index contributed by atoms with van der Waals surface area (Å²) in [4.78, 5) is 6.55. The number of aromatic nitrogens is 1. The lowest BCUT2D eigenvalue weighted by molar-refractivity contribution is -0.0250. The Morgan fingerprint density at radius 3 is 2.90 bits per heavy atom. The van der Waals surface area contributed by atoms with Gasteiger partial charge < -0.3 is 13.9 Å². The smallest absolute Gasteiger partial charge is 0.181 e. The van der Waals surface area contributed by atoms with Gasteiger partial charge in [0.25, 0.3) is 0 Å². The average molecular weight is 276 g/mol. The molecule has 0 unspecified atom stereocenters. The molecular weight excluding hydrogens is 256 g/mol. The van der Waals surface area contributed by atoms with Crippen molar-refractivity contribution in [1.82, 2.24) is 9.88 Å². The number of benzene rings is 1. The van der Waals surface area contributed by atoms with E-state index in [4.69, 9.17) is 13.9 Å². The molecule has 1 aromatic heterocycles. The summed E-state index contributed by atoms with van der Waals surface area (Å²) in [5, 5.41) is 0. The highest BCUT2D eigenvalue weighted by atomic mass is 16.5. The Morgan fingerprint density at radius 2 is 2.10 bits per heavy atom. The van der Waals surface area contributed by atoms with Crippen LogP contribution in [-0.4, -0.2) is 48.3 Å². The first kappa shape index (κ1) is 13.4. The fraction of sp³-hybridized carbons (Fsp3) is 0.533. The minimum absolute atomic E-state index is 0.0113. The molecule has 5 nitrogen and oxygen atoms in total. The predicted molar refractivity (Wildman–Crippen MR) is 76.0 cm³/mol. The molecule has 5 heteroatoms. The quantitative estimate of drug-likeness (QED) is 0.857. The molecule has 108 valence electrons. The maximum absolute atomic E-state index is 5.94. The molecule has 1 aromatic carbocycles. The van der Waals surface area contributed by atoms with Crippen molar-refractivity contribution in [3.63, 3.8) is 0 Å². The van der Waals surface area contributed by atoms with Crippen LogP contribution in [0.2, 0.25) is 0 Å². The number of hydrogen-bond acceptors (Lipinski definition) is 5. The van der Waals surface area contributed by atoms with Crippen LogP contribution in [0.1, 0.15) is 13.8 Å². The molecule has 0 spiro atoms. The molecular formula is C15H20N2O3. The molecule has 20 heavy (non-hydrogen) atoms. The van der Waals surface area contributed by atoms with Gasteiger partial charge in [0.2, 0.25) is 0 Å².